The van der Waals surface area contributed by atoms with Crippen molar-refractivity contribution in [1.82, 2.24) is 5.32 Å². The van der Waals surface area contributed by atoms with Crippen molar-refractivity contribution in [2.75, 3.05) is 7.05 Å². The zero-order chi connectivity index (χ0) is 18.0. The van der Waals surface area contributed by atoms with Crippen molar-refractivity contribution in [2.24, 2.45) is 0 Å². The average Bonchev–Trinajstić information content (AvgIpc) is 2.53. The summed E-state index contributed by atoms with van der Waals surface area (Å²) in [6.07, 6.45) is -9.28. The Morgan fingerprint density at radius 3 is 1.61 bits per heavy atom. The highest BCUT2D eigenvalue weighted by Crippen LogP contribution is 2.05. The summed E-state index contributed by atoms with van der Waals surface area (Å²) in [5.74, 6) is -3.68. The number of hydrogen-bond donors (Lipinski definition) is 7. The summed E-state index contributed by atoms with van der Waals surface area (Å²) in [7, 11) is 1.95. The number of nitrogens with one attached hydrogen (secondary N) is 1. The summed E-state index contributed by atoms with van der Waals surface area (Å²) >= 11 is 0. The maximum atomic E-state index is 10.1. The van der Waals surface area contributed by atoms with Crippen molar-refractivity contribution < 1.29 is 40.2 Å². The van der Waals surface area contributed by atoms with Gasteiger partial charge in [0.1, 0.15) is 12.2 Å². The third kappa shape index (κ3) is 7.68. The Morgan fingerprint density at radius 2 is 1.30 bits per heavy atom. The number of carboxylic acids is 2. The van der Waals surface area contributed by atoms with E-state index in [1.807, 2.05) is 25.2 Å². The molecule has 0 aromatic heterocycles. The number of carbonyl (C=O) groups is 2. The van der Waals surface area contributed by atoms with Crippen molar-refractivity contribution in [3.05, 3.63) is 35.9 Å². The van der Waals surface area contributed by atoms with Crippen molar-refractivity contribution in [3.63, 3.8) is 0 Å². The fourth-order valence-corrected chi connectivity index (χ4v) is 1.47. The fourth-order valence-electron chi connectivity index (χ4n) is 1.47. The van der Waals surface area contributed by atoms with Crippen molar-refractivity contribution in [2.45, 2.75) is 31.0 Å². The van der Waals surface area contributed by atoms with Crippen LogP contribution in [0.15, 0.2) is 30.3 Å². The molecule has 0 heterocycles. The number of hydrogen-bond acceptors (Lipinski definition) is 7. The molecule has 23 heavy (non-hydrogen) atoms. The molecule has 0 bridgehead atoms. The molecule has 7 N–H and O–H groups in total. The topological polar surface area (TPSA) is 168 Å². The van der Waals surface area contributed by atoms with Crippen LogP contribution in [0, 0.1) is 0 Å². The molecule has 9 heteroatoms. The summed E-state index contributed by atoms with van der Waals surface area (Å²) < 4.78 is 0. The van der Waals surface area contributed by atoms with Gasteiger partial charge in [0.15, 0.2) is 12.2 Å². The summed E-state index contributed by atoms with van der Waals surface area (Å²) in [4.78, 5) is 20.2. The maximum Gasteiger partial charge on any atom is 0.335 e. The zero-order valence-electron chi connectivity index (χ0n) is 12.4. The molecule has 0 aliphatic carbocycles. The van der Waals surface area contributed by atoms with Crippen LogP contribution < -0.4 is 5.32 Å². The van der Waals surface area contributed by atoms with Crippen molar-refractivity contribution in [3.8, 4) is 0 Å². The van der Waals surface area contributed by atoms with Crippen LogP contribution in [0.3, 0.4) is 0 Å². The second-order valence-corrected chi connectivity index (χ2v) is 4.56. The quantitative estimate of drug-likeness (QED) is 0.299. The molecule has 0 spiro atoms. The van der Waals surface area contributed by atoms with Gasteiger partial charge in [-0.2, -0.15) is 0 Å². The van der Waals surface area contributed by atoms with Crippen LogP contribution in [-0.2, 0) is 16.1 Å². The predicted octanol–water partition coefficient (Wildman–Crippen LogP) is -1.99. The molecule has 4 unspecified atom stereocenters. The molecule has 0 saturated heterocycles. The number of benzene rings is 1. The van der Waals surface area contributed by atoms with Gasteiger partial charge in [-0.05, 0) is 12.6 Å². The number of aliphatic carboxylic acids is 2. The molecule has 0 amide bonds. The van der Waals surface area contributed by atoms with E-state index in [4.69, 9.17) is 30.6 Å². The smallest absolute Gasteiger partial charge is 0.335 e. The van der Waals surface area contributed by atoms with Gasteiger partial charge in [-0.15, -0.1) is 0 Å². The van der Waals surface area contributed by atoms with Gasteiger partial charge < -0.3 is 36.0 Å². The van der Waals surface area contributed by atoms with Gasteiger partial charge >= 0.3 is 11.9 Å². The van der Waals surface area contributed by atoms with E-state index < -0.39 is 36.4 Å². The minimum atomic E-state index is -2.36. The van der Waals surface area contributed by atoms with Crippen LogP contribution in [0.4, 0.5) is 0 Å². The molecule has 4 atom stereocenters. The second-order valence-electron chi connectivity index (χ2n) is 4.56. The van der Waals surface area contributed by atoms with Gasteiger partial charge in [0, 0.05) is 6.54 Å². The van der Waals surface area contributed by atoms with Gasteiger partial charge in [-0.1, -0.05) is 30.3 Å². The Balaban J connectivity index is 0.000000459. The first-order valence-electron chi connectivity index (χ1n) is 6.58. The van der Waals surface area contributed by atoms with Crippen LogP contribution in [0.25, 0.3) is 0 Å². The molecule has 0 aliphatic heterocycles. The minimum absolute atomic E-state index is 0.959. The summed E-state index contributed by atoms with van der Waals surface area (Å²) in [5.41, 5.74) is 1.33. The number of aliphatic hydroxyl groups excluding tert-OH is 4. The predicted molar refractivity (Wildman–Crippen MR) is 78.5 cm³/mol. The molecule has 0 radical (unpaired) electrons. The Morgan fingerprint density at radius 1 is 0.913 bits per heavy atom. The SMILES string of the molecule is CNCc1ccccc1.O=C(O)C(O)C(O)C(O)C(O)C(=O)O. The molecule has 0 saturated carbocycles. The largest absolute Gasteiger partial charge is 0.479 e. The van der Waals surface area contributed by atoms with E-state index in [9.17, 15) is 9.59 Å². The number of rotatable bonds is 7. The van der Waals surface area contributed by atoms with Crippen molar-refractivity contribution in [1.29, 1.82) is 0 Å². The maximum absolute atomic E-state index is 10.1. The monoisotopic (exact) mass is 331 g/mol. The second kappa shape index (κ2) is 10.6. The Bertz CT molecular complexity index is 457. The Labute approximate surface area is 132 Å². The molecule has 0 fully saturated rings. The van der Waals surface area contributed by atoms with E-state index in [2.05, 4.69) is 17.4 Å². The molecule has 1 rings (SSSR count). The van der Waals surface area contributed by atoms with E-state index >= 15 is 0 Å². The van der Waals surface area contributed by atoms with Crippen LogP contribution in [0.1, 0.15) is 5.56 Å². The summed E-state index contributed by atoms with van der Waals surface area (Å²) in [5, 5.41) is 54.5. The lowest BCUT2D eigenvalue weighted by molar-refractivity contribution is -0.172. The third-order valence-electron chi connectivity index (χ3n) is 2.73. The lowest BCUT2D eigenvalue weighted by atomic mass is 10.0. The first kappa shape index (κ1) is 21.0. The summed E-state index contributed by atoms with van der Waals surface area (Å²) in [6, 6.07) is 10.3. The minimum Gasteiger partial charge on any atom is -0.479 e. The van der Waals surface area contributed by atoms with Crippen LogP contribution in [0.5, 0.6) is 0 Å². The van der Waals surface area contributed by atoms with E-state index in [-0.39, 0.29) is 0 Å². The van der Waals surface area contributed by atoms with Crippen LogP contribution >= 0.6 is 0 Å². The molecule has 9 nitrogen and oxygen atoms in total. The van der Waals surface area contributed by atoms with Gasteiger partial charge in [-0.25, -0.2) is 9.59 Å². The normalized spacial score (nSPS) is 15.5. The molecular weight excluding hydrogens is 310 g/mol. The Hall–Kier alpha value is -2.04. The first-order valence-corrected chi connectivity index (χ1v) is 6.58. The fraction of sp³-hybridized carbons (Fsp3) is 0.429. The highest BCUT2D eigenvalue weighted by atomic mass is 16.4. The van der Waals surface area contributed by atoms with Gasteiger partial charge in [0.05, 0.1) is 0 Å². The van der Waals surface area contributed by atoms with Crippen LogP contribution in [-0.4, -0.2) is 74.0 Å². The standard InChI is InChI=1S/C8H11N.C6H10O8/c1-9-7-8-5-3-2-4-6-8;7-1(3(9)5(11)12)2(8)4(10)6(13)14/h2-6,9H,7H2,1H3;1-4,7-10H,(H,11,12)(H,13,14). The molecule has 1 aromatic rings. The lowest BCUT2D eigenvalue weighted by Crippen LogP contribution is -2.49. The Kier molecular flexibility index (Phi) is 9.70. The summed E-state index contributed by atoms with van der Waals surface area (Å²) in [6.45, 7) is 0.959. The van der Waals surface area contributed by atoms with Gasteiger partial charge in [0.25, 0.3) is 0 Å². The van der Waals surface area contributed by atoms with Crippen molar-refractivity contribution >= 4 is 11.9 Å². The molecule has 130 valence electrons. The van der Waals surface area contributed by atoms with Gasteiger partial charge in [0.2, 0.25) is 0 Å². The zero-order valence-corrected chi connectivity index (χ0v) is 12.4. The first-order chi connectivity index (χ1) is 10.7. The third-order valence-corrected chi connectivity index (χ3v) is 2.73. The molecular formula is C14H21NO8. The van der Waals surface area contributed by atoms with Gasteiger partial charge in [-0.3, -0.25) is 0 Å². The molecule has 0 aliphatic rings. The number of aliphatic hydroxyl groups is 4. The lowest BCUT2D eigenvalue weighted by Gasteiger charge is -2.21. The highest BCUT2D eigenvalue weighted by molar-refractivity contribution is 5.75. The average molecular weight is 331 g/mol. The van der Waals surface area contributed by atoms with E-state index in [0.29, 0.717) is 0 Å². The highest BCUT2D eigenvalue weighted by Gasteiger charge is 2.37. The van der Waals surface area contributed by atoms with E-state index in [1.165, 1.54) is 5.56 Å². The van der Waals surface area contributed by atoms with E-state index in [0.717, 1.165) is 6.54 Å². The van der Waals surface area contributed by atoms with E-state index in [1.54, 1.807) is 0 Å². The van der Waals surface area contributed by atoms with Crippen LogP contribution in [0.2, 0.25) is 0 Å². The number of carboxylic acid groups (broad SMARTS) is 2. The molecule has 1 aromatic carbocycles.